The minimum atomic E-state index is -2.46. The van der Waals surface area contributed by atoms with E-state index in [4.69, 9.17) is 0 Å². The first-order valence-corrected chi connectivity index (χ1v) is 4.96. The number of alkyl halides is 2. The highest BCUT2D eigenvalue weighted by Gasteiger charge is 2.53. The van der Waals surface area contributed by atoms with Gasteiger partial charge in [-0.3, -0.25) is 4.79 Å². The van der Waals surface area contributed by atoms with Gasteiger partial charge >= 0.3 is 0 Å². The molecule has 0 radical (unpaired) electrons. The van der Waals surface area contributed by atoms with Crippen molar-refractivity contribution in [2.24, 2.45) is 0 Å². The normalized spacial score (nSPS) is 18.2. The fourth-order valence-electron chi connectivity index (χ4n) is 1.77. The van der Waals surface area contributed by atoms with Gasteiger partial charge in [-0.1, -0.05) is 0 Å². The summed E-state index contributed by atoms with van der Waals surface area (Å²) in [4.78, 5) is 11.6. The summed E-state index contributed by atoms with van der Waals surface area (Å²) >= 11 is 0. The van der Waals surface area contributed by atoms with Crippen molar-refractivity contribution in [1.29, 1.82) is 0 Å². The van der Waals surface area contributed by atoms with Crippen LogP contribution in [0.1, 0.15) is 24.0 Å². The molecule has 2 rings (SSSR count). The van der Waals surface area contributed by atoms with E-state index in [0.29, 0.717) is 12.8 Å². The van der Waals surface area contributed by atoms with Crippen LogP contribution in [0.25, 0.3) is 0 Å². The Morgan fingerprint density at radius 1 is 1.33 bits per heavy atom. The van der Waals surface area contributed by atoms with E-state index < -0.39 is 12.0 Å². The van der Waals surface area contributed by atoms with Crippen LogP contribution in [-0.2, 0) is 5.54 Å². The van der Waals surface area contributed by atoms with Crippen LogP contribution in [0.4, 0.5) is 8.78 Å². The number of aryl methyl sites for hydroxylation is 2. The Labute approximate surface area is 86.5 Å². The van der Waals surface area contributed by atoms with Crippen LogP contribution < -0.4 is 5.56 Å². The summed E-state index contributed by atoms with van der Waals surface area (Å²) in [7, 11) is 0. The molecule has 0 unspecified atom stereocenters. The molecule has 82 valence electrons. The number of hydrogen-bond donors (Lipinski definition) is 0. The fraction of sp³-hybridized carbons (Fsp3) is 0.545. The third-order valence-electron chi connectivity index (χ3n) is 3.17. The predicted molar refractivity (Wildman–Crippen MR) is 53.4 cm³/mol. The third-order valence-corrected chi connectivity index (χ3v) is 3.17. The van der Waals surface area contributed by atoms with Crippen LogP contribution in [0.3, 0.4) is 0 Å². The molecule has 0 amide bonds. The second-order valence-electron chi connectivity index (χ2n) is 4.25. The van der Waals surface area contributed by atoms with Gasteiger partial charge in [0.1, 0.15) is 5.54 Å². The largest absolute Gasteiger partial charge is 0.303 e. The first-order chi connectivity index (χ1) is 6.97. The van der Waals surface area contributed by atoms with Crippen LogP contribution in [0.5, 0.6) is 0 Å². The molecule has 1 fully saturated rings. The highest BCUT2D eigenvalue weighted by Crippen LogP contribution is 2.47. The van der Waals surface area contributed by atoms with E-state index in [1.54, 1.807) is 6.20 Å². The lowest BCUT2D eigenvalue weighted by Crippen LogP contribution is -2.35. The molecule has 0 atom stereocenters. The Hall–Kier alpha value is -1.19. The van der Waals surface area contributed by atoms with Crippen molar-refractivity contribution >= 4 is 0 Å². The first-order valence-electron chi connectivity index (χ1n) is 4.96. The van der Waals surface area contributed by atoms with E-state index in [1.807, 2.05) is 13.8 Å². The van der Waals surface area contributed by atoms with Gasteiger partial charge in [0.2, 0.25) is 0 Å². The van der Waals surface area contributed by atoms with Gasteiger partial charge in [-0.25, -0.2) is 8.78 Å². The molecule has 0 bridgehead atoms. The third kappa shape index (κ3) is 1.48. The summed E-state index contributed by atoms with van der Waals surface area (Å²) in [5.74, 6) is 0. The number of hydrogen-bond acceptors (Lipinski definition) is 1. The van der Waals surface area contributed by atoms with Gasteiger partial charge in [0.05, 0.1) is 0 Å². The number of pyridine rings is 1. The van der Waals surface area contributed by atoms with Crippen LogP contribution in [0.2, 0.25) is 0 Å². The zero-order valence-corrected chi connectivity index (χ0v) is 8.76. The Kier molecular flexibility index (Phi) is 2.17. The number of halogens is 2. The Morgan fingerprint density at radius 3 is 2.40 bits per heavy atom. The van der Waals surface area contributed by atoms with Crippen molar-refractivity contribution in [2.75, 3.05) is 0 Å². The maximum absolute atomic E-state index is 12.8. The van der Waals surface area contributed by atoms with Gasteiger partial charge in [-0.2, -0.15) is 0 Å². The minimum Gasteiger partial charge on any atom is -0.303 e. The summed E-state index contributed by atoms with van der Waals surface area (Å²) in [6.07, 6.45) is -0.117. The van der Waals surface area contributed by atoms with E-state index in [1.165, 1.54) is 10.6 Å². The lowest BCUT2D eigenvalue weighted by atomic mass is 10.1. The number of aromatic nitrogens is 1. The van der Waals surface area contributed by atoms with Crippen molar-refractivity contribution in [3.63, 3.8) is 0 Å². The topological polar surface area (TPSA) is 22.0 Å². The SMILES string of the molecule is Cc1cc(=O)n(C2(C(F)F)CC2)cc1C. The van der Waals surface area contributed by atoms with Gasteiger partial charge in [0, 0.05) is 12.3 Å². The van der Waals surface area contributed by atoms with E-state index in [2.05, 4.69) is 0 Å². The molecule has 0 saturated heterocycles. The number of rotatable bonds is 2. The molecule has 2 nitrogen and oxygen atoms in total. The van der Waals surface area contributed by atoms with Crippen LogP contribution >= 0.6 is 0 Å². The zero-order valence-electron chi connectivity index (χ0n) is 8.76. The molecule has 0 aromatic carbocycles. The van der Waals surface area contributed by atoms with E-state index in [-0.39, 0.29) is 5.56 Å². The molecule has 1 aliphatic carbocycles. The van der Waals surface area contributed by atoms with Gasteiger partial charge < -0.3 is 4.57 Å². The molecule has 1 saturated carbocycles. The van der Waals surface area contributed by atoms with Crippen molar-refractivity contribution in [1.82, 2.24) is 4.57 Å². The quantitative estimate of drug-likeness (QED) is 0.738. The van der Waals surface area contributed by atoms with E-state index in [9.17, 15) is 13.6 Å². The lowest BCUT2D eigenvalue weighted by molar-refractivity contribution is 0.0651. The average molecular weight is 213 g/mol. The monoisotopic (exact) mass is 213 g/mol. The Bertz CT molecular complexity index is 446. The van der Waals surface area contributed by atoms with Crippen LogP contribution in [0, 0.1) is 13.8 Å². The summed E-state index contributed by atoms with van der Waals surface area (Å²) in [6.45, 7) is 3.63. The maximum Gasteiger partial charge on any atom is 0.261 e. The van der Waals surface area contributed by atoms with Crippen molar-refractivity contribution < 1.29 is 8.78 Å². The molecule has 4 heteroatoms. The molecule has 0 spiro atoms. The highest BCUT2D eigenvalue weighted by atomic mass is 19.3. The summed E-state index contributed by atoms with van der Waals surface area (Å²) < 4.78 is 26.8. The van der Waals surface area contributed by atoms with Crippen molar-refractivity contribution in [3.8, 4) is 0 Å². The average Bonchev–Trinajstić information content (AvgIpc) is 2.92. The molecular formula is C11H13F2NO. The Balaban J connectivity index is 2.55. The molecule has 1 aromatic heterocycles. The molecule has 0 N–H and O–H groups in total. The molecule has 15 heavy (non-hydrogen) atoms. The minimum absolute atomic E-state index is 0.323. The van der Waals surface area contributed by atoms with E-state index >= 15 is 0 Å². The lowest BCUT2D eigenvalue weighted by Gasteiger charge is -2.18. The standard InChI is InChI=1S/C11H13F2NO/c1-7-5-9(15)14(6-8(7)2)11(3-4-11)10(12)13/h5-6,10H,3-4H2,1-2H3. The van der Waals surface area contributed by atoms with E-state index in [0.717, 1.165) is 11.1 Å². The molecule has 0 aliphatic heterocycles. The molecule has 1 aromatic rings. The van der Waals surface area contributed by atoms with Gasteiger partial charge in [-0.15, -0.1) is 0 Å². The number of nitrogens with zero attached hydrogens (tertiary/aromatic N) is 1. The first kappa shape index (κ1) is 10.3. The van der Waals surface area contributed by atoms with Crippen molar-refractivity contribution in [2.45, 2.75) is 38.7 Å². The Morgan fingerprint density at radius 2 is 1.93 bits per heavy atom. The van der Waals surface area contributed by atoms with Crippen LogP contribution in [-0.4, -0.2) is 11.0 Å². The van der Waals surface area contributed by atoms with Crippen molar-refractivity contribution in [3.05, 3.63) is 33.7 Å². The fourth-order valence-corrected chi connectivity index (χ4v) is 1.77. The second kappa shape index (κ2) is 3.15. The summed E-state index contributed by atoms with van der Waals surface area (Å²) in [5.41, 5.74) is 0.189. The highest BCUT2D eigenvalue weighted by molar-refractivity contribution is 5.22. The van der Waals surface area contributed by atoms with Gasteiger partial charge in [0.25, 0.3) is 12.0 Å². The van der Waals surface area contributed by atoms with Crippen LogP contribution in [0.15, 0.2) is 17.1 Å². The zero-order chi connectivity index (χ0) is 11.2. The molecule has 1 aliphatic rings. The molecule has 1 heterocycles. The maximum atomic E-state index is 12.8. The predicted octanol–water partition coefficient (Wildman–Crippen LogP) is 2.22. The smallest absolute Gasteiger partial charge is 0.261 e. The summed E-state index contributed by atoms with van der Waals surface area (Å²) in [5, 5.41) is 0. The summed E-state index contributed by atoms with van der Waals surface area (Å²) in [6, 6.07) is 1.43. The van der Waals surface area contributed by atoms with Gasteiger partial charge in [0.15, 0.2) is 0 Å². The molecular weight excluding hydrogens is 200 g/mol. The second-order valence-corrected chi connectivity index (χ2v) is 4.25. The van der Waals surface area contributed by atoms with Gasteiger partial charge in [-0.05, 0) is 37.8 Å².